The number of ether oxygens (including phenoxy) is 3. The zero-order chi connectivity index (χ0) is 28.7. The van der Waals surface area contributed by atoms with Crippen molar-refractivity contribution in [3.05, 3.63) is 54.6 Å². The third kappa shape index (κ3) is 11.0. The molecule has 0 amide bonds. The Morgan fingerprint density at radius 2 is 1.69 bits per heavy atom. The molecule has 2 aliphatic rings. The number of hydrogen-bond acceptors (Lipinski definition) is 10. The number of hydrogen-bond donors (Lipinski definition) is 7. The van der Waals surface area contributed by atoms with E-state index in [2.05, 4.69) is 0 Å². The first-order valence-corrected chi connectivity index (χ1v) is 13.2. The lowest BCUT2D eigenvalue weighted by atomic mass is 9.89. The van der Waals surface area contributed by atoms with Gasteiger partial charge in [-0.25, -0.2) is 0 Å². The van der Waals surface area contributed by atoms with Crippen LogP contribution in [0.3, 0.4) is 0 Å². The number of para-hydroxylation sites is 1. The van der Waals surface area contributed by atoms with Crippen LogP contribution in [0, 0.1) is 11.8 Å². The molecule has 0 bridgehead atoms. The Labute approximate surface area is 229 Å². The molecule has 3 rings (SSSR count). The minimum absolute atomic E-state index is 0.129. The van der Waals surface area contributed by atoms with Crippen LogP contribution < -0.4 is 10.5 Å². The third-order valence-electron chi connectivity index (χ3n) is 6.73. The Kier molecular flexibility index (Phi) is 14.1. The lowest BCUT2D eigenvalue weighted by Crippen LogP contribution is -2.50. The summed E-state index contributed by atoms with van der Waals surface area (Å²) < 4.78 is 17.5. The van der Waals surface area contributed by atoms with Crippen molar-refractivity contribution in [3.8, 4) is 5.75 Å². The van der Waals surface area contributed by atoms with Gasteiger partial charge in [-0.1, -0.05) is 36.4 Å². The Hall–Kier alpha value is -2.35. The number of rotatable bonds is 14. The average molecular weight is 554 g/mol. The predicted octanol–water partition coefficient (Wildman–Crippen LogP) is 0.585. The van der Waals surface area contributed by atoms with Crippen molar-refractivity contribution in [1.82, 2.24) is 0 Å². The lowest BCUT2D eigenvalue weighted by molar-refractivity contribution is -0.139. The molecule has 1 saturated heterocycles. The van der Waals surface area contributed by atoms with Gasteiger partial charge < -0.3 is 50.6 Å². The van der Waals surface area contributed by atoms with E-state index in [9.17, 15) is 15.0 Å². The van der Waals surface area contributed by atoms with E-state index in [1.54, 1.807) is 6.08 Å². The van der Waals surface area contributed by atoms with Crippen LogP contribution in [0.2, 0.25) is 0 Å². The smallest absolute Gasteiger partial charge is 0.303 e. The van der Waals surface area contributed by atoms with Crippen LogP contribution >= 0.6 is 0 Å². The zero-order valence-electron chi connectivity index (χ0n) is 22.2. The Bertz CT molecular complexity index is 875. The summed E-state index contributed by atoms with van der Waals surface area (Å²) in [4.78, 5) is 10.6. The molecule has 1 unspecified atom stereocenters. The molecular formula is C28H43NO10. The van der Waals surface area contributed by atoms with Gasteiger partial charge >= 0.3 is 5.97 Å². The van der Waals surface area contributed by atoms with Crippen LogP contribution in [0.15, 0.2) is 54.6 Å². The minimum Gasteiger partial charge on any atom is -0.488 e. The van der Waals surface area contributed by atoms with Gasteiger partial charge in [0.05, 0.1) is 50.8 Å². The number of carboxylic acids is 1. The van der Waals surface area contributed by atoms with Crippen LogP contribution in [0.1, 0.15) is 32.1 Å². The molecule has 2 fully saturated rings. The molecule has 1 saturated carbocycles. The summed E-state index contributed by atoms with van der Waals surface area (Å²) in [6, 6.07) is 9.43. The molecule has 11 heteroatoms. The average Bonchev–Trinajstić information content (AvgIpc) is 3.52. The summed E-state index contributed by atoms with van der Waals surface area (Å²) in [6.45, 7) is -0.102. The number of aliphatic hydroxyl groups excluding tert-OH is 5. The SMILES string of the molecule is NC(CO)(CO)CO.O=C(O)CCC/C=C\C[C@H]1C(O)C[C@@H](O)[C@@H]1/C=C/C1(COc2ccccc2)OCCO1. The second kappa shape index (κ2) is 16.7. The number of carboxylic acid groups (broad SMARTS) is 1. The zero-order valence-corrected chi connectivity index (χ0v) is 22.2. The first-order chi connectivity index (χ1) is 18.7. The fourth-order valence-corrected chi connectivity index (χ4v) is 4.26. The van der Waals surface area contributed by atoms with E-state index in [1.165, 1.54) is 0 Å². The van der Waals surface area contributed by atoms with Gasteiger partial charge in [0.15, 0.2) is 0 Å². The fourth-order valence-electron chi connectivity index (χ4n) is 4.26. The van der Waals surface area contributed by atoms with Gasteiger partial charge in [0.2, 0.25) is 5.79 Å². The maximum absolute atomic E-state index is 10.6. The van der Waals surface area contributed by atoms with E-state index >= 15 is 0 Å². The molecule has 4 atom stereocenters. The molecule has 11 nitrogen and oxygen atoms in total. The molecule has 1 aromatic carbocycles. The molecule has 0 aromatic heterocycles. The second-order valence-electron chi connectivity index (χ2n) is 9.91. The van der Waals surface area contributed by atoms with E-state index < -0.39 is 49.3 Å². The van der Waals surface area contributed by atoms with E-state index in [1.807, 2.05) is 48.6 Å². The highest BCUT2D eigenvalue weighted by Gasteiger charge is 2.41. The van der Waals surface area contributed by atoms with Gasteiger partial charge in [-0.3, -0.25) is 4.79 Å². The summed E-state index contributed by atoms with van der Waals surface area (Å²) in [5, 5.41) is 54.6. The number of carbonyl (C=O) groups is 1. The topological polar surface area (TPSA) is 192 Å². The van der Waals surface area contributed by atoms with Crippen LogP contribution in [-0.4, -0.2) is 99.8 Å². The maximum Gasteiger partial charge on any atom is 0.303 e. The Morgan fingerprint density at radius 3 is 2.26 bits per heavy atom. The number of unbranched alkanes of at least 4 members (excludes halogenated alkanes) is 1. The molecule has 8 N–H and O–H groups in total. The standard InChI is InChI=1S/C24H32O7.C4H11NO3/c25-21-16-22(26)20(19(21)10-6-1-2-7-11-23(27)28)12-13-24(30-14-15-31-24)17-29-18-8-4-3-5-9-18;5-4(1-6,2-7)3-8/h1,3-6,8-9,12-13,19-22,25-26H,2,7,10-11,14-17H2,(H,27,28);6-8H,1-3,5H2/b6-1-,13-12+;/t19-,20-,21?,22-;/m1./s1. The summed E-state index contributed by atoms with van der Waals surface area (Å²) in [6.07, 6.45) is 8.68. The van der Waals surface area contributed by atoms with Crippen LogP contribution in [0.25, 0.3) is 0 Å². The van der Waals surface area contributed by atoms with Crippen LogP contribution in [0.4, 0.5) is 0 Å². The van der Waals surface area contributed by atoms with Crippen molar-refractivity contribution < 1.29 is 49.6 Å². The fraction of sp³-hybridized carbons (Fsp3) is 0.607. The molecule has 1 aliphatic heterocycles. The summed E-state index contributed by atoms with van der Waals surface area (Å²) in [7, 11) is 0. The van der Waals surface area contributed by atoms with E-state index in [-0.39, 0.29) is 24.9 Å². The lowest BCUT2D eigenvalue weighted by Gasteiger charge is -2.26. The number of allylic oxidation sites excluding steroid dienone is 2. The van der Waals surface area contributed by atoms with Crippen molar-refractivity contribution >= 4 is 5.97 Å². The number of aliphatic carboxylic acids is 1. The van der Waals surface area contributed by atoms with Crippen molar-refractivity contribution in [3.63, 3.8) is 0 Å². The van der Waals surface area contributed by atoms with E-state index in [0.29, 0.717) is 38.9 Å². The third-order valence-corrected chi connectivity index (χ3v) is 6.73. The van der Waals surface area contributed by atoms with Gasteiger partial charge in [0.1, 0.15) is 12.4 Å². The normalized spacial score (nSPS) is 24.7. The monoisotopic (exact) mass is 553 g/mol. The summed E-state index contributed by atoms with van der Waals surface area (Å²) >= 11 is 0. The highest BCUT2D eigenvalue weighted by atomic mass is 16.8. The molecule has 1 aliphatic carbocycles. The molecule has 1 aromatic rings. The highest BCUT2D eigenvalue weighted by molar-refractivity contribution is 5.66. The van der Waals surface area contributed by atoms with Crippen LogP contribution in [0.5, 0.6) is 5.75 Å². The van der Waals surface area contributed by atoms with Gasteiger partial charge in [0, 0.05) is 18.8 Å². The molecular weight excluding hydrogens is 510 g/mol. The first kappa shape index (κ1) is 32.9. The predicted molar refractivity (Wildman–Crippen MR) is 143 cm³/mol. The van der Waals surface area contributed by atoms with Crippen LogP contribution in [-0.2, 0) is 14.3 Å². The maximum atomic E-state index is 10.6. The molecule has 39 heavy (non-hydrogen) atoms. The van der Waals surface area contributed by atoms with Crippen molar-refractivity contribution in [1.29, 1.82) is 0 Å². The quantitative estimate of drug-likeness (QED) is 0.126. The van der Waals surface area contributed by atoms with Crippen molar-refractivity contribution in [2.75, 3.05) is 39.6 Å². The summed E-state index contributed by atoms with van der Waals surface area (Å²) in [5.41, 5.74) is 3.94. The Morgan fingerprint density at radius 1 is 1.05 bits per heavy atom. The minimum atomic E-state index is -1.21. The molecule has 220 valence electrons. The number of benzene rings is 1. The first-order valence-electron chi connectivity index (χ1n) is 13.2. The van der Waals surface area contributed by atoms with Crippen molar-refractivity contribution in [2.45, 2.75) is 55.6 Å². The largest absolute Gasteiger partial charge is 0.488 e. The highest BCUT2D eigenvalue weighted by Crippen LogP contribution is 2.37. The summed E-state index contributed by atoms with van der Waals surface area (Å²) in [5.74, 6) is -1.46. The molecule has 0 radical (unpaired) electrons. The molecule has 1 heterocycles. The van der Waals surface area contributed by atoms with E-state index in [0.717, 1.165) is 5.75 Å². The van der Waals surface area contributed by atoms with Crippen molar-refractivity contribution in [2.24, 2.45) is 17.6 Å². The number of nitrogens with two attached hydrogens (primary N) is 1. The molecule has 0 spiro atoms. The van der Waals surface area contributed by atoms with Gasteiger partial charge in [-0.05, 0) is 43.4 Å². The van der Waals surface area contributed by atoms with Gasteiger partial charge in [-0.15, -0.1) is 0 Å². The number of aliphatic hydroxyl groups is 5. The second-order valence-corrected chi connectivity index (χ2v) is 9.91. The van der Waals surface area contributed by atoms with Gasteiger partial charge in [-0.2, -0.15) is 0 Å². The van der Waals surface area contributed by atoms with Gasteiger partial charge in [0.25, 0.3) is 0 Å². The Balaban J connectivity index is 0.000000580. The van der Waals surface area contributed by atoms with E-state index in [4.69, 9.17) is 40.4 Å².